The zero-order valence-electron chi connectivity index (χ0n) is 16.2. The smallest absolute Gasteiger partial charge is 0.220 e. The second kappa shape index (κ2) is 9.45. The SMILES string of the molecule is CCOc1ccccc1OCCCC(=O)NC(c1ccc(C)cc1)C1CC1. The summed E-state index contributed by atoms with van der Waals surface area (Å²) < 4.78 is 11.4. The number of aryl methyl sites for hydroxylation is 1. The Labute approximate surface area is 161 Å². The molecule has 0 radical (unpaired) electrons. The summed E-state index contributed by atoms with van der Waals surface area (Å²) in [5.41, 5.74) is 2.45. The number of nitrogens with one attached hydrogen (secondary N) is 1. The van der Waals surface area contributed by atoms with Crippen molar-refractivity contribution in [3.8, 4) is 11.5 Å². The number of benzene rings is 2. The van der Waals surface area contributed by atoms with Crippen LogP contribution in [0.15, 0.2) is 48.5 Å². The molecule has 1 aliphatic carbocycles. The molecule has 1 aliphatic rings. The van der Waals surface area contributed by atoms with Crippen molar-refractivity contribution in [1.82, 2.24) is 5.32 Å². The molecule has 1 N–H and O–H groups in total. The second-order valence-electron chi connectivity index (χ2n) is 7.13. The van der Waals surface area contributed by atoms with Crippen LogP contribution in [0.3, 0.4) is 0 Å². The van der Waals surface area contributed by atoms with Gasteiger partial charge in [-0.3, -0.25) is 4.79 Å². The van der Waals surface area contributed by atoms with E-state index in [1.165, 1.54) is 24.0 Å². The number of carbonyl (C=O) groups is 1. The van der Waals surface area contributed by atoms with Crippen molar-refractivity contribution in [1.29, 1.82) is 0 Å². The van der Waals surface area contributed by atoms with Gasteiger partial charge in [0, 0.05) is 6.42 Å². The summed E-state index contributed by atoms with van der Waals surface area (Å²) in [5, 5.41) is 3.23. The fraction of sp³-hybridized carbons (Fsp3) is 0.435. The van der Waals surface area contributed by atoms with Gasteiger partial charge in [0.25, 0.3) is 0 Å². The number of rotatable bonds is 10. The zero-order valence-corrected chi connectivity index (χ0v) is 16.2. The predicted molar refractivity (Wildman–Crippen MR) is 107 cm³/mol. The molecule has 2 aromatic rings. The highest BCUT2D eigenvalue weighted by molar-refractivity contribution is 5.76. The lowest BCUT2D eigenvalue weighted by atomic mass is 10.0. The first-order chi connectivity index (χ1) is 13.2. The zero-order chi connectivity index (χ0) is 19.1. The Hall–Kier alpha value is -2.49. The standard InChI is InChI=1S/C23H29NO3/c1-3-26-20-7-4-5-8-21(20)27-16-6-9-22(25)24-23(19-14-15-19)18-12-10-17(2)11-13-18/h4-5,7-8,10-13,19,23H,3,6,9,14-16H2,1-2H3,(H,24,25). The van der Waals surface area contributed by atoms with Crippen molar-refractivity contribution in [3.63, 3.8) is 0 Å². The maximum absolute atomic E-state index is 12.4. The van der Waals surface area contributed by atoms with Crippen molar-refractivity contribution in [2.24, 2.45) is 5.92 Å². The van der Waals surface area contributed by atoms with Crippen molar-refractivity contribution in [2.45, 2.75) is 45.6 Å². The van der Waals surface area contributed by atoms with Crippen LogP contribution in [0.25, 0.3) is 0 Å². The highest BCUT2D eigenvalue weighted by Crippen LogP contribution is 2.41. The topological polar surface area (TPSA) is 47.6 Å². The Morgan fingerprint density at radius 2 is 1.74 bits per heavy atom. The molecule has 144 valence electrons. The third-order valence-electron chi connectivity index (χ3n) is 4.80. The van der Waals surface area contributed by atoms with Crippen LogP contribution in [0.5, 0.6) is 11.5 Å². The first-order valence-electron chi connectivity index (χ1n) is 9.88. The molecular formula is C23H29NO3. The first-order valence-corrected chi connectivity index (χ1v) is 9.88. The summed E-state index contributed by atoms with van der Waals surface area (Å²) in [6, 6.07) is 16.3. The Kier molecular flexibility index (Phi) is 6.74. The fourth-order valence-corrected chi connectivity index (χ4v) is 3.18. The summed E-state index contributed by atoms with van der Waals surface area (Å²) in [4.78, 5) is 12.4. The number of ether oxygens (including phenoxy) is 2. The van der Waals surface area contributed by atoms with Gasteiger partial charge in [-0.05, 0) is 56.7 Å². The lowest BCUT2D eigenvalue weighted by Gasteiger charge is -2.19. The first kappa shape index (κ1) is 19.3. The largest absolute Gasteiger partial charge is 0.490 e. The van der Waals surface area contributed by atoms with Crippen molar-refractivity contribution in [3.05, 3.63) is 59.7 Å². The lowest BCUT2D eigenvalue weighted by molar-refractivity contribution is -0.122. The van der Waals surface area contributed by atoms with Crippen LogP contribution in [0.4, 0.5) is 0 Å². The molecule has 2 aromatic carbocycles. The maximum atomic E-state index is 12.4. The molecule has 4 nitrogen and oxygen atoms in total. The summed E-state index contributed by atoms with van der Waals surface area (Å²) in [7, 11) is 0. The molecule has 1 unspecified atom stereocenters. The van der Waals surface area contributed by atoms with E-state index in [0.29, 0.717) is 32.0 Å². The van der Waals surface area contributed by atoms with Gasteiger partial charge in [-0.2, -0.15) is 0 Å². The normalized spacial score (nSPS) is 14.4. The molecule has 1 amide bonds. The van der Waals surface area contributed by atoms with Crippen LogP contribution in [0, 0.1) is 12.8 Å². The minimum atomic E-state index is 0.0918. The molecule has 0 bridgehead atoms. The van der Waals surface area contributed by atoms with Crippen LogP contribution in [0.1, 0.15) is 49.8 Å². The molecule has 1 atom stereocenters. The van der Waals surface area contributed by atoms with Crippen LogP contribution < -0.4 is 14.8 Å². The molecule has 0 heterocycles. The summed E-state index contributed by atoms with van der Waals surface area (Å²) in [6.07, 6.45) is 3.52. The third-order valence-corrected chi connectivity index (χ3v) is 4.80. The van der Waals surface area contributed by atoms with E-state index in [2.05, 4.69) is 36.5 Å². The van der Waals surface area contributed by atoms with Gasteiger partial charge < -0.3 is 14.8 Å². The predicted octanol–water partition coefficient (Wildman–Crippen LogP) is 4.82. The summed E-state index contributed by atoms with van der Waals surface area (Å²) in [6.45, 7) is 5.13. The minimum absolute atomic E-state index is 0.0918. The Bertz CT molecular complexity index is 738. The van der Waals surface area contributed by atoms with Crippen LogP contribution in [-0.4, -0.2) is 19.1 Å². The van der Waals surface area contributed by atoms with Crippen LogP contribution in [0.2, 0.25) is 0 Å². The van der Waals surface area contributed by atoms with Crippen molar-refractivity contribution >= 4 is 5.91 Å². The van der Waals surface area contributed by atoms with E-state index in [0.717, 1.165) is 11.5 Å². The molecule has 0 aliphatic heterocycles. The average molecular weight is 367 g/mol. The van der Waals surface area contributed by atoms with E-state index in [4.69, 9.17) is 9.47 Å². The molecule has 4 heteroatoms. The lowest BCUT2D eigenvalue weighted by Crippen LogP contribution is -2.30. The maximum Gasteiger partial charge on any atom is 0.220 e. The van der Waals surface area contributed by atoms with Gasteiger partial charge in [-0.25, -0.2) is 0 Å². The third kappa shape index (κ3) is 5.75. The molecule has 1 saturated carbocycles. The highest BCUT2D eigenvalue weighted by atomic mass is 16.5. The van der Waals surface area contributed by atoms with E-state index in [9.17, 15) is 4.79 Å². The fourth-order valence-electron chi connectivity index (χ4n) is 3.18. The van der Waals surface area contributed by atoms with Gasteiger partial charge in [0.2, 0.25) is 5.91 Å². The summed E-state index contributed by atoms with van der Waals surface area (Å²) >= 11 is 0. The molecule has 0 aromatic heterocycles. The minimum Gasteiger partial charge on any atom is -0.490 e. The summed E-state index contributed by atoms with van der Waals surface area (Å²) in [5.74, 6) is 2.15. The van der Waals surface area contributed by atoms with Gasteiger partial charge in [0.15, 0.2) is 11.5 Å². The van der Waals surface area contributed by atoms with Crippen LogP contribution >= 0.6 is 0 Å². The average Bonchev–Trinajstić information content (AvgIpc) is 3.51. The van der Waals surface area contributed by atoms with E-state index >= 15 is 0 Å². The number of hydrogen-bond acceptors (Lipinski definition) is 3. The van der Waals surface area contributed by atoms with Gasteiger partial charge in [-0.1, -0.05) is 42.0 Å². The number of amides is 1. The van der Waals surface area contributed by atoms with Gasteiger partial charge in [0.05, 0.1) is 19.3 Å². The molecule has 27 heavy (non-hydrogen) atoms. The number of para-hydroxylation sites is 2. The van der Waals surface area contributed by atoms with E-state index in [1.54, 1.807) is 0 Å². The molecule has 0 spiro atoms. The van der Waals surface area contributed by atoms with Gasteiger partial charge in [-0.15, -0.1) is 0 Å². The molecule has 0 saturated heterocycles. The molecular weight excluding hydrogens is 338 g/mol. The van der Waals surface area contributed by atoms with Gasteiger partial charge in [0.1, 0.15) is 0 Å². The molecule has 3 rings (SSSR count). The van der Waals surface area contributed by atoms with E-state index in [-0.39, 0.29) is 11.9 Å². The number of hydrogen-bond donors (Lipinski definition) is 1. The highest BCUT2D eigenvalue weighted by Gasteiger charge is 2.33. The number of carbonyl (C=O) groups excluding carboxylic acids is 1. The van der Waals surface area contributed by atoms with E-state index in [1.807, 2.05) is 31.2 Å². The molecule has 1 fully saturated rings. The van der Waals surface area contributed by atoms with Crippen molar-refractivity contribution < 1.29 is 14.3 Å². The van der Waals surface area contributed by atoms with E-state index < -0.39 is 0 Å². The quantitative estimate of drug-likeness (QED) is 0.613. The van der Waals surface area contributed by atoms with Crippen molar-refractivity contribution in [2.75, 3.05) is 13.2 Å². The second-order valence-corrected chi connectivity index (χ2v) is 7.13. The van der Waals surface area contributed by atoms with Crippen LogP contribution in [-0.2, 0) is 4.79 Å². The van der Waals surface area contributed by atoms with Gasteiger partial charge >= 0.3 is 0 Å². The monoisotopic (exact) mass is 367 g/mol. The Balaban J connectivity index is 1.46. The Morgan fingerprint density at radius 1 is 1.07 bits per heavy atom. The Morgan fingerprint density at radius 3 is 2.37 bits per heavy atom.